The van der Waals surface area contributed by atoms with Gasteiger partial charge in [-0.1, -0.05) is 12.1 Å². The number of amides is 2. The molecule has 3 aromatic rings. The normalized spacial score (nSPS) is 11.0. The molecule has 45 heavy (non-hydrogen) atoms. The van der Waals surface area contributed by atoms with E-state index in [-0.39, 0.29) is 5.91 Å². The van der Waals surface area contributed by atoms with Crippen LogP contribution in [0.25, 0.3) is 11.3 Å². The third kappa shape index (κ3) is 12.2. The smallest absolute Gasteiger partial charge is 0.255 e. The second kappa shape index (κ2) is 20.2. The average molecular weight is 622 g/mol. The zero-order chi connectivity index (χ0) is 32.3. The molecule has 0 aliphatic rings. The van der Waals surface area contributed by atoms with Crippen molar-refractivity contribution in [3.63, 3.8) is 0 Å². The molecule has 0 radical (unpaired) electrons. The van der Waals surface area contributed by atoms with E-state index in [9.17, 15) is 9.59 Å². The highest BCUT2D eigenvalue weighted by Crippen LogP contribution is 2.32. The van der Waals surface area contributed by atoms with Gasteiger partial charge in [0.1, 0.15) is 0 Å². The van der Waals surface area contributed by atoms with Crippen LogP contribution in [0.4, 0.5) is 11.4 Å². The third-order valence-corrected chi connectivity index (χ3v) is 7.02. The molecule has 0 aliphatic carbocycles. The van der Waals surface area contributed by atoms with Crippen molar-refractivity contribution >= 4 is 23.2 Å². The van der Waals surface area contributed by atoms with E-state index in [1.54, 1.807) is 24.4 Å². The van der Waals surface area contributed by atoms with Crippen molar-refractivity contribution in [3.8, 4) is 11.3 Å². The summed E-state index contributed by atoms with van der Waals surface area (Å²) < 4.78 is 21.9. The SMILES string of the molecule is CCN(CC)c1ccc(NC(=O)c2cccc(CCCOCCOCCOCCOCCN)c2)c(-c2cc(C(N)=O)ccn2)c1. The van der Waals surface area contributed by atoms with Crippen LogP contribution in [-0.2, 0) is 25.4 Å². The Morgan fingerprint density at radius 3 is 2.11 bits per heavy atom. The molecule has 2 amide bonds. The summed E-state index contributed by atoms with van der Waals surface area (Å²) in [6.07, 6.45) is 3.14. The summed E-state index contributed by atoms with van der Waals surface area (Å²) in [6.45, 7) is 10.6. The minimum absolute atomic E-state index is 0.236. The molecule has 5 N–H and O–H groups in total. The maximum absolute atomic E-state index is 13.4. The number of primary amides is 1. The zero-order valence-corrected chi connectivity index (χ0v) is 26.5. The second-order valence-corrected chi connectivity index (χ2v) is 10.2. The molecule has 0 aliphatic heterocycles. The van der Waals surface area contributed by atoms with Crippen LogP contribution < -0.4 is 21.7 Å². The van der Waals surface area contributed by atoms with Crippen molar-refractivity contribution in [2.45, 2.75) is 26.7 Å². The third-order valence-electron chi connectivity index (χ3n) is 7.02. The van der Waals surface area contributed by atoms with Crippen LogP contribution in [0.3, 0.4) is 0 Å². The molecule has 1 aromatic heterocycles. The molecule has 0 bridgehead atoms. The molecule has 1 heterocycles. The Morgan fingerprint density at radius 1 is 0.800 bits per heavy atom. The molecule has 0 saturated heterocycles. The lowest BCUT2D eigenvalue weighted by Crippen LogP contribution is -2.22. The van der Waals surface area contributed by atoms with E-state index in [0.29, 0.717) is 87.5 Å². The van der Waals surface area contributed by atoms with Gasteiger partial charge in [0.25, 0.3) is 5.91 Å². The number of hydrogen-bond donors (Lipinski definition) is 3. The van der Waals surface area contributed by atoms with Gasteiger partial charge in [0.2, 0.25) is 5.91 Å². The minimum Gasteiger partial charge on any atom is -0.379 e. The Bertz CT molecular complexity index is 1330. The number of carbonyl (C=O) groups excluding carboxylic acids is 2. The monoisotopic (exact) mass is 621 g/mol. The number of nitrogens with zero attached hydrogens (tertiary/aromatic N) is 2. The lowest BCUT2D eigenvalue weighted by molar-refractivity contribution is -0.00118. The molecular formula is C34H47N5O6. The van der Waals surface area contributed by atoms with Gasteiger partial charge in [0.15, 0.2) is 0 Å². The maximum Gasteiger partial charge on any atom is 0.255 e. The summed E-state index contributed by atoms with van der Waals surface area (Å²) in [7, 11) is 0. The second-order valence-electron chi connectivity index (χ2n) is 10.2. The Morgan fingerprint density at radius 2 is 1.47 bits per heavy atom. The number of benzene rings is 2. The number of hydrogen-bond acceptors (Lipinski definition) is 9. The molecule has 2 aromatic carbocycles. The van der Waals surface area contributed by atoms with Crippen molar-refractivity contribution in [1.82, 2.24) is 4.98 Å². The molecule has 0 unspecified atom stereocenters. The van der Waals surface area contributed by atoms with Crippen molar-refractivity contribution in [2.24, 2.45) is 11.5 Å². The van der Waals surface area contributed by atoms with Crippen LogP contribution in [0.1, 0.15) is 46.5 Å². The zero-order valence-electron chi connectivity index (χ0n) is 26.5. The molecule has 0 atom stereocenters. The fraction of sp³-hybridized carbons (Fsp3) is 0.441. The van der Waals surface area contributed by atoms with Crippen LogP contribution in [0.2, 0.25) is 0 Å². The van der Waals surface area contributed by atoms with Gasteiger partial charge < -0.3 is 40.6 Å². The fourth-order valence-corrected chi connectivity index (χ4v) is 4.66. The highest BCUT2D eigenvalue weighted by atomic mass is 16.6. The number of nitrogens with two attached hydrogens (primary N) is 2. The quantitative estimate of drug-likeness (QED) is 0.142. The number of carbonyl (C=O) groups is 2. The number of rotatable bonds is 22. The van der Waals surface area contributed by atoms with Gasteiger partial charge in [-0.15, -0.1) is 0 Å². The topological polar surface area (TPSA) is 151 Å². The van der Waals surface area contributed by atoms with E-state index in [1.807, 2.05) is 36.4 Å². The number of anilines is 2. The van der Waals surface area contributed by atoms with Crippen LogP contribution in [0.15, 0.2) is 60.8 Å². The number of pyridine rings is 1. The first-order chi connectivity index (χ1) is 22.0. The number of nitrogens with one attached hydrogen (secondary N) is 1. The largest absolute Gasteiger partial charge is 0.379 e. The molecule has 3 rings (SSSR count). The standard InChI is InChI=1S/C34H47N5O6/c1-3-39(4-2)29-10-11-31(30(25-29)32-24-27(33(36)40)12-14-37-32)38-34(41)28-9-5-7-26(23-28)8-6-15-42-17-19-44-21-22-45-20-18-43-16-13-35/h5,7,9-12,14,23-25H,3-4,6,8,13,15-22,35H2,1-2H3,(H2,36,40)(H,38,41). The van der Waals surface area contributed by atoms with Crippen LogP contribution in [0, 0.1) is 0 Å². The Kier molecular flexibility index (Phi) is 16.0. The van der Waals surface area contributed by atoms with Crippen molar-refractivity contribution < 1.29 is 28.5 Å². The minimum atomic E-state index is -0.540. The summed E-state index contributed by atoms with van der Waals surface area (Å²) in [5, 5.41) is 3.05. The summed E-state index contributed by atoms with van der Waals surface area (Å²) in [6, 6.07) is 16.6. The molecule has 0 spiro atoms. The van der Waals surface area contributed by atoms with Gasteiger partial charge in [-0.25, -0.2) is 0 Å². The first-order valence-corrected chi connectivity index (χ1v) is 15.5. The summed E-state index contributed by atoms with van der Waals surface area (Å²) >= 11 is 0. The summed E-state index contributed by atoms with van der Waals surface area (Å²) in [5.74, 6) is -0.776. The van der Waals surface area contributed by atoms with Crippen LogP contribution in [0.5, 0.6) is 0 Å². The first-order valence-electron chi connectivity index (χ1n) is 15.5. The van der Waals surface area contributed by atoms with Crippen LogP contribution >= 0.6 is 0 Å². The van der Waals surface area contributed by atoms with Crippen molar-refractivity contribution in [2.75, 3.05) is 82.7 Å². The average Bonchev–Trinajstić information content (AvgIpc) is 3.06. The maximum atomic E-state index is 13.4. The molecular weight excluding hydrogens is 574 g/mol. The Hall–Kier alpha value is -3.87. The van der Waals surface area contributed by atoms with Crippen LogP contribution in [-0.4, -0.2) is 89.3 Å². The van der Waals surface area contributed by atoms with E-state index in [2.05, 4.69) is 29.0 Å². The van der Waals surface area contributed by atoms with Crippen molar-refractivity contribution in [3.05, 3.63) is 77.5 Å². The van der Waals surface area contributed by atoms with Gasteiger partial charge in [-0.3, -0.25) is 14.6 Å². The van der Waals surface area contributed by atoms with E-state index in [4.69, 9.17) is 30.4 Å². The molecule has 0 fully saturated rings. The highest BCUT2D eigenvalue weighted by molar-refractivity contribution is 6.06. The molecule has 11 heteroatoms. The molecule has 0 saturated carbocycles. The summed E-state index contributed by atoms with van der Waals surface area (Å²) in [4.78, 5) is 31.9. The van der Waals surface area contributed by atoms with E-state index in [1.165, 1.54) is 0 Å². The highest BCUT2D eigenvalue weighted by Gasteiger charge is 2.15. The first kappa shape index (κ1) is 35.6. The Labute approximate surface area is 266 Å². The van der Waals surface area contributed by atoms with Gasteiger partial charge in [0.05, 0.1) is 57.6 Å². The number of aryl methyl sites for hydroxylation is 1. The number of aromatic nitrogens is 1. The molecule has 244 valence electrons. The van der Waals surface area contributed by atoms with Crippen molar-refractivity contribution in [1.29, 1.82) is 0 Å². The van der Waals surface area contributed by atoms with Gasteiger partial charge >= 0.3 is 0 Å². The van der Waals surface area contributed by atoms with Gasteiger partial charge in [-0.05, 0) is 74.7 Å². The molecule has 11 nitrogen and oxygen atoms in total. The number of ether oxygens (including phenoxy) is 4. The lowest BCUT2D eigenvalue weighted by atomic mass is 10.0. The summed E-state index contributed by atoms with van der Waals surface area (Å²) in [5.41, 5.74) is 15.7. The van der Waals surface area contributed by atoms with E-state index >= 15 is 0 Å². The predicted molar refractivity (Wildman–Crippen MR) is 177 cm³/mol. The lowest BCUT2D eigenvalue weighted by Gasteiger charge is -2.23. The van der Waals surface area contributed by atoms with E-state index < -0.39 is 5.91 Å². The van der Waals surface area contributed by atoms with Gasteiger partial charge in [0, 0.05) is 54.8 Å². The Balaban J connectivity index is 1.51. The van der Waals surface area contributed by atoms with E-state index in [0.717, 1.165) is 37.2 Å². The predicted octanol–water partition coefficient (Wildman–Crippen LogP) is 3.90. The fourth-order valence-electron chi connectivity index (χ4n) is 4.66. The van der Waals surface area contributed by atoms with Gasteiger partial charge in [-0.2, -0.15) is 0 Å².